The average Bonchev–Trinajstić information content (AvgIpc) is 2.01. The zero-order valence-electron chi connectivity index (χ0n) is 9.09. The molecule has 0 rings (SSSR count). The standard InChI is InChI=1S/C9H20ClNO2S/c1-8(2)9(7-10)11-5-4-6-14(3,12)13/h8-9,11H,4-7H2,1-3H3. The fraction of sp³-hybridized carbons (Fsp3) is 1.00. The molecule has 1 atom stereocenters. The summed E-state index contributed by atoms with van der Waals surface area (Å²) in [5.74, 6) is 1.29. The fourth-order valence-electron chi connectivity index (χ4n) is 1.09. The molecule has 0 fully saturated rings. The van der Waals surface area contributed by atoms with Crippen LogP contribution >= 0.6 is 11.6 Å². The van der Waals surface area contributed by atoms with Gasteiger partial charge < -0.3 is 5.32 Å². The Bertz CT molecular complexity index is 239. The molecule has 0 aliphatic heterocycles. The number of hydrogen-bond donors (Lipinski definition) is 1. The lowest BCUT2D eigenvalue weighted by Gasteiger charge is -2.19. The van der Waals surface area contributed by atoms with Crippen molar-refractivity contribution in [1.82, 2.24) is 5.32 Å². The van der Waals surface area contributed by atoms with E-state index in [0.29, 0.717) is 24.8 Å². The fourth-order valence-corrected chi connectivity index (χ4v) is 2.22. The van der Waals surface area contributed by atoms with E-state index < -0.39 is 9.84 Å². The number of halogens is 1. The van der Waals surface area contributed by atoms with Crippen LogP contribution in [0.4, 0.5) is 0 Å². The van der Waals surface area contributed by atoms with Crippen LogP contribution in [0.3, 0.4) is 0 Å². The van der Waals surface area contributed by atoms with Gasteiger partial charge in [-0.05, 0) is 18.9 Å². The summed E-state index contributed by atoms with van der Waals surface area (Å²) >= 11 is 5.75. The van der Waals surface area contributed by atoms with Crippen LogP contribution in [0.2, 0.25) is 0 Å². The first kappa shape index (κ1) is 14.2. The minimum atomic E-state index is -2.82. The van der Waals surface area contributed by atoms with E-state index in [1.807, 2.05) is 0 Å². The largest absolute Gasteiger partial charge is 0.313 e. The number of sulfone groups is 1. The second-order valence-corrected chi connectivity index (χ2v) is 6.51. The third-order valence-electron chi connectivity index (χ3n) is 2.07. The van der Waals surface area contributed by atoms with Crippen LogP contribution in [-0.2, 0) is 9.84 Å². The molecule has 0 saturated heterocycles. The summed E-state index contributed by atoms with van der Waals surface area (Å²) in [6, 6.07) is 0.274. The van der Waals surface area contributed by atoms with Crippen molar-refractivity contribution in [1.29, 1.82) is 0 Å². The minimum Gasteiger partial charge on any atom is -0.313 e. The Morgan fingerprint density at radius 2 is 1.93 bits per heavy atom. The quantitative estimate of drug-likeness (QED) is 0.540. The predicted octanol–water partition coefficient (Wildman–Crippen LogP) is 1.27. The Hall–Kier alpha value is 0.200. The molecule has 1 N–H and O–H groups in total. The van der Waals surface area contributed by atoms with Gasteiger partial charge in [0.15, 0.2) is 0 Å². The normalized spacial score (nSPS) is 14.6. The van der Waals surface area contributed by atoms with Crippen LogP contribution in [0.5, 0.6) is 0 Å². The van der Waals surface area contributed by atoms with Crippen molar-refractivity contribution in [2.24, 2.45) is 5.92 Å². The second kappa shape index (κ2) is 6.64. The molecule has 5 heteroatoms. The molecule has 0 spiro atoms. The number of rotatable bonds is 7. The van der Waals surface area contributed by atoms with Crippen molar-refractivity contribution in [2.75, 3.05) is 24.4 Å². The molecule has 0 saturated carbocycles. The van der Waals surface area contributed by atoms with Crippen molar-refractivity contribution in [2.45, 2.75) is 26.3 Å². The Morgan fingerprint density at radius 3 is 2.29 bits per heavy atom. The molecule has 0 heterocycles. The smallest absolute Gasteiger partial charge is 0.147 e. The minimum absolute atomic E-state index is 0.243. The third-order valence-corrected chi connectivity index (χ3v) is 3.43. The molecule has 1 unspecified atom stereocenters. The number of nitrogens with one attached hydrogen (secondary N) is 1. The summed E-state index contributed by atoms with van der Waals surface area (Å²) in [6.45, 7) is 4.90. The van der Waals surface area contributed by atoms with Gasteiger partial charge in [-0.2, -0.15) is 0 Å². The second-order valence-electron chi connectivity index (χ2n) is 3.94. The highest BCUT2D eigenvalue weighted by molar-refractivity contribution is 7.90. The summed E-state index contributed by atoms with van der Waals surface area (Å²) in [7, 11) is -2.82. The maximum absolute atomic E-state index is 10.8. The van der Waals surface area contributed by atoms with Gasteiger partial charge in [-0.25, -0.2) is 8.42 Å². The van der Waals surface area contributed by atoms with Crippen molar-refractivity contribution in [3.05, 3.63) is 0 Å². The molecule has 86 valence electrons. The lowest BCUT2D eigenvalue weighted by Crippen LogP contribution is -2.36. The highest BCUT2D eigenvalue weighted by atomic mass is 35.5. The van der Waals surface area contributed by atoms with Crippen molar-refractivity contribution < 1.29 is 8.42 Å². The van der Waals surface area contributed by atoms with E-state index >= 15 is 0 Å². The molecule has 0 bridgehead atoms. The molecule has 0 amide bonds. The molecule has 0 aliphatic carbocycles. The SMILES string of the molecule is CC(C)C(CCl)NCCCS(C)(=O)=O. The van der Waals surface area contributed by atoms with E-state index in [2.05, 4.69) is 19.2 Å². The first-order valence-electron chi connectivity index (χ1n) is 4.84. The van der Waals surface area contributed by atoms with E-state index in [-0.39, 0.29) is 11.8 Å². The number of hydrogen-bond acceptors (Lipinski definition) is 3. The van der Waals surface area contributed by atoms with Gasteiger partial charge in [0, 0.05) is 18.2 Å². The van der Waals surface area contributed by atoms with Gasteiger partial charge in [0.1, 0.15) is 9.84 Å². The first-order valence-corrected chi connectivity index (χ1v) is 7.43. The van der Waals surface area contributed by atoms with Crippen LogP contribution in [0, 0.1) is 5.92 Å². The van der Waals surface area contributed by atoms with E-state index in [9.17, 15) is 8.42 Å². The zero-order valence-corrected chi connectivity index (χ0v) is 10.7. The predicted molar refractivity (Wildman–Crippen MR) is 61.7 cm³/mol. The summed E-state index contributed by atoms with van der Waals surface area (Å²) < 4.78 is 21.7. The highest BCUT2D eigenvalue weighted by Gasteiger charge is 2.10. The van der Waals surface area contributed by atoms with E-state index in [1.165, 1.54) is 6.26 Å². The molecule has 0 radical (unpaired) electrons. The van der Waals surface area contributed by atoms with Crippen LogP contribution in [-0.4, -0.2) is 38.9 Å². The van der Waals surface area contributed by atoms with Gasteiger partial charge in [-0.15, -0.1) is 11.6 Å². The lowest BCUT2D eigenvalue weighted by molar-refractivity contribution is 0.432. The summed E-state index contributed by atoms with van der Waals surface area (Å²) in [5, 5.41) is 3.25. The van der Waals surface area contributed by atoms with E-state index in [0.717, 1.165) is 0 Å². The molecule has 0 aromatic carbocycles. The average molecular weight is 242 g/mol. The topological polar surface area (TPSA) is 46.2 Å². The number of alkyl halides is 1. The lowest BCUT2D eigenvalue weighted by atomic mass is 10.1. The monoisotopic (exact) mass is 241 g/mol. The van der Waals surface area contributed by atoms with Gasteiger partial charge in [0.25, 0.3) is 0 Å². The van der Waals surface area contributed by atoms with E-state index in [4.69, 9.17) is 11.6 Å². The molecule has 0 aromatic rings. The summed E-state index contributed by atoms with van der Waals surface area (Å²) in [6.07, 6.45) is 1.91. The van der Waals surface area contributed by atoms with E-state index in [1.54, 1.807) is 0 Å². The van der Waals surface area contributed by atoms with Crippen LogP contribution < -0.4 is 5.32 Å². The zero-order chi connectivity index (χ0) is 11.2. The molecular weight excluding hydrogens is 222 g/mol. The van der Waals surface area contributed by atoms with Crippen LogP contribution in [0.15, 0.2) is 0 Å². The first-order chi connectivity index (χ1) is 6.37. The maximum Gasteiger partial charge on any atom is 0.147 e. The summed E-state index contributed by atoms with van der Waals surface area (Å²) in [4.78, 5) is 0. The molecule has 14 heavy (non-hydrogen) atoms. The maximum atomic E-state index is 10.8. The van der Waals surface area contributed by atoms with Gasteiger partial charge in [-0.3, -0.25) is 0 Å². The van der Waals surface area contributed by atoms with Gasteiger partial charge in [0.05, 0.1) is 5.75 Å². The van der Waals surface area contributed by atoms with Gasteiger partial charge in [-0.1, -0.05) is 13.8 Å². The third kappa shape index (κ3) is 7.59. The van der Waals surface area contributed by atoms with Crippen molar-refractivity contribution in [3.8, 4) is 0 Å². The Morgan fingerprint density at radius 1 is 1.36 bits per heavy atom. The Balaban J connectivity index is 3.63. The summed E-state index contributed by atoms with van der Waals surface area (Å²) in [5.41, 5.74) is 0. The van der Waals surface area contributed by atoms with Crippen molar-refractivity contribution in [3.63, 3.8) is 0 Å². The highest BCUT2D eigenvalue weighted by Crippen LogP contribution is 2.03. The van der Waals surface area contributed by atoms with Gasteiger partial charge >= 0.3 is 0 Å². The Kier molecular flexibility index (Phi) is 6.74. The van der Waals surface area contributed by atoms with Crippen molar-refractivity contribution >= 4 is 21.4 Å². The Labute approximate surface area is 92.1 Å². The van der Waals surface area contributed by atoms with Crippen LogP contribution in [0.1, 0.15) is 20.3 Å². The molecule has 3 nitrogen and oxygen atoms in total. The molecule has 0 aromatic heterocycles. The molecular formula is C9H20ClNO2S. The van der Waals surface area contributed by atoms with Crippen LogP contribution in [0.25, 0.3) is 0 Å². The molecule has 0 aliphatic rings. The van der Waals surface area contributed by atoms with Gasteiger partial charge in [0.2, 0.25) is 0 Å².